The van der Waals surface area contributed by atoms with Gasteiger partial charge in [0.15, 0.2) is 0 Å². The van der Waals surface area contributed by atoms with Crippen molar-refractivity contribution >= 4 is 12.0 Å². The summed E-state index contributed by atoms with van der Waals surface area (Å²) in [5.41, 5.74) is -1.05. The summed E-state index contributed by atoms with van der Waals surface area (Å²) < 4.78 is 0. The van der Waals surface area contributed by atoms with Gasteiger partial charge in [-0.3, -0.25) is 9.78 Å². The Morgan fingerprint density at radius 3 is 2.25 bits per heavy atom. The van der Waals surface area contributed by atoms with Gasteiger partial charge >= 0.3 is 12.0 Å². The van der Waals surface area contributed by atoms with Crippen LogP contribution in [0.4, 0.5) is 4.79 Å². The molecule has 1 aromatic rings. The fraction of sp³-hybridized carbons (Fsp3) is 0.500. The Morgan fingerprint density at radius 1 is 1.20 bits per heavy atom. The number of rotatable bonds is 5. The third-order valence-electron chi connectivity index (χ3n) is 3.73. The molecule has 1 rings (SSSR count). The molecular weight excluding hydrogens is 258 g/mol. The first-order valence-corrected chi connectivity index (χ1v) is 6.35. The third kappa shape index (κ3) is 3.69. The zero-order valence-electron chi connectivity index (χ0n) is 12.2. The van der Waals surface area contributed by atoms with Gasteiger partial charge in [-0.25, -0.2) is 4.79 Å². The molecular formula is C14H21N3O3. The average Bonchev–Trinajstić information content (AvgIpc) is 2.36. The van der Waals surface area contributed by atoms with E-state index in [1.54, 1.807) is 52.2 Å². The molecule has 0 aromatic carbocycles. The molecule has 0 radical (unpaired) electrons. The number of carbonyl (C=O) groups is 2. The van der Waals surface area contributed by atoms with Gasteiger partial charge in [0.1, 0.15) is 0 Å². The summed E-state index contributed by atoms with van der Waals surface area (Å²) in [6.45, 7) is 6.90. The molecule has 0 saturated carbocycles. The maximum absolute atomic E-state index is 11.9. The van der Waals surface area contributed by atoms with E-state index in [1.165, 1.54) is 0 Å². The van der Waals surface area contributed by atoms with E-state index in [-0.39, 0.29) is 0 Å². The van der Waals surface area contributed by atoms with Crippen molar-refractivity contribution in [2.24, 2.45) is 5.41 Å². The van der Waals surface area contributed by atoms with E-state index in [4.69, 9.17) is 0 Å². The minimum atomic E-state index is -1.08. The first-order valence-electron chi connectivity index (χ1n) is 6.35. The number of hydrogen-bond acceptors (Lipinski definition) is 3. The summed E-state index contributed by atoms with van der Waals surface area (Å²) >= 11 is 0. The fourth-order valence-electron chi connectivity index (χ4n) is 1.43. The van der Waals surface area contributed by atoms with Crippen molar-refractivity contribution in [3.8, 4) is 0 Å². The number of hydrogen-bond donors (Lipinski definition) is 3. The van der Waals surface area contributed by atoms with Crippen molar-refractivity contribution in [1.82, 2.24) is 15.6 Å². The van der Waals surface area contributed by atoms with E-state index < -0.39 is 23.0 Å². The highest BCUT2D eigenvalue weighted by Gasteiger charge is 2.44. The Morgan fingerprint density at radius 2 is 1.75 bits per heavy atom. The van der Waals surface area contributed by atoms with Gasteiger partial charge in [-0.1, -0.05) is 0 Å². The van der Waals surface area contributed by atoms with E-state index in [9.17, 15) is 14.7 Å². The molecule has 0 spiro atoms. The third-order valence-corrected chi connectivity index (χ3v) is 3.73. The molecule has 0 aliphatic rings. The minimum Gasteiger partial charge on any atom is -0.481 e. The Balaban J connectivity index is 2.60. The first-order chi connectivity index (χ1) is 9.17. The summed E-state index contributed by atoms with van der Waals surface area (Å²) in [6, 6.07) is 3.19. The number of carbonyl (C=O) groups excluding carboxylic acids is 1. The minimum absolute atomic E-state index is 0.359. The molecule has 0 fully saturated rings. The number of aliphatic carboxylic acids is 1. The lowest BCUT2D eigenvalue weighted by Crippen LogP contribution is -2.58. The summed E-state index contributed by atoms with van der Waals surface area (Å²) in [6.07, 6.45) is 3.29. The van der Waals surface area contributed by atoms with Crippen LogP contribution in [0.25, 0.3) is 0 Å². The van der Waals surface area contributed by atoms with Crippen LogP contribution in [0.5, 0.6) is 0 Å². The highest BCUT2D eigenvalue weighted by Crippen LogP contribution is 2.30. The second-order valence-electron chi connectivity index (χ2n) is 5.72. The fourth-order valence-corrected chi connectivity index (χ4v) is 1.43. The number of carboxylic acids is 1. The van der Waals surface area contributed by atoms with Crippen molar-refractivity contribution in [2.75, 3.05) is 0 Å². The van der Waals surface area contributed by atoms with Gasteiger partial charge < -0.3 is 15.7 Å². The molecule has 6 nitrogen and oxygen atoms in total. The molecule has 0 unspecified atom stereocenters. The zero-order valence-corrected chi connectivity index (χ0v) is 12.2. The lowest BCUT2D eigenvalue weighted by Gasteiger charge is -2.38. The molecule has 0 aliphatic heterocycles. The SMILES string of the molecule is CC(C)(NC(=O)NCc1ccncc1)C(C)(C)C(=O)O. The predicted octanol–water partition coefficient (Wildman–Crippen LogP) is 1.77. The largest absolute Gasteiger partial charge is 0.481 e. The molecule has 2 amide bonds. The summed E-state index contributed by atoms with van der Waals surface area (Å²) in [7, 11) is 0. The highest BCUT2D eigenvalue weighted by molar-refractivity contribution is 5.79. The van der Waals surface area contributed by atoms with Crippen LogP contribution in [0, 0.1) is 5.41 Å². The van der Waals surface area contributed by atoms with E-state index in [0.29, 0.717) is 6.54 Å². The molecule has 1 heterocycles. The van der Waals surface area contributed by atoms with Crippen molar-refractivity contribution in [1.29, 1.82) is 0 Å². The van der Waals surface area contributed by atoms with Gasteiger partial charge in [0, 0.05) is 18.9 Å². The normalized spacial score (nSPS) is 11.8. The predicted molar refractivity (Wildman–Crippen MR) is 75.1 cm³/mol. The summed E-state index contributed by atoms with van der Waals surface area (Å²) in [4.78, 5) is 27.0. The molecule has 0 saturated heterocycles. The average molecular weight is 279 g/mol. The standard InChI is InChI=1S/C14H21N3O3/c1-13(2,11(18)19)14(3,4)17-12(20)16-9-10-5-7-15-8-6-10/h5-8H,9H2,1-4H3,(H,18,19)(H2,16,17,20). The molecule has 0 aliphatic carbocycles. The lowest BCUT2D eigenvalue weighted by atomic mass is 9.74. The Kier molecular flexibility index (Phi) is 4.70. The molecule has 0 atom stereocenters. The van der Waals surface area contributed by atoms with Gasteiger partial charge in [-0.15, -0.1) is 0 Å². The molecule has 6 heteroatoms. The van der Waals surface area contributed by atoms with Gasteiger partial charge in [-0.05, 0) is 45.4 Å². The molecule has 110 valence electrons. The Hall–Kier alpha value is -2.11. The van der Waals surface area contributed by atoms with Crippen molar-refractivity contribution in [2.45, 2.75) is 39.8 Å². The van der Waals surface area contributed by atoms with Crippen molar-refractivity contribution in [3.05, 3.63) is 30.1 Å². The summed E-state index contributed by atoms with van der Waals surface area (Å²) in [5.74, 6) is -0.961. The van der Waals surface area contributed by atoms with E-state index in [2.05, 4.69) is 15.6 Å². The van der Waals surface area contributed by atoms with Crippen LogP contribution in [0.3, 0.4) is 0 Å². The van der Waals surface area contributed by atoms with Crippen LogP contribution in [0.15, 0.2) is 24.5 Å². The van der Waals surface area contributed by atoms with Crippen LogP contribution in [-0.4, -0.2) is 27.6 Å². The number of carboxylic acid groups (broad SMARTS) is 1. The molecule has 20 heavy (non-hydrogen) atoms. The quantitative estimate of drug-likeness (QED) is 0.766. The van der Waals surface area contributed by atoms with Crippen molar-refractivity contribution < 1.29 is 14.7 Å². The van der Waals surface area contributed by atoms with E-state index in [0.717, 1.165) is 5.56 Å². The van der Waals surface area contributed by atoms with Crippen LogP contribution in [0.1, 0.15) is 33.3 Å². The number of urea groups is 1. The van der Waals surface area contributed by atoms with E-state index in [1.807, 2.05) is 0 Å². The van der Waals surface area contributed by atoms with E-state index >= 15 is 0 Å². The van der Waals surface area contributed by atoms with Crippen LogP contribution in [0.2, 0.25) is 0 Å². The van der Waals surface area contributed by atoms with Crippen molar-refractivity contribution in [3.63, 3.8) is 0 Å². The topological polar surface area (TPSA) is 91.3 Å². The molecule has 1 aromatic heterocycles. The Labute approximate surface area is 118 Å². The maximum Gasteiger partial charge on any atom is 0.315 e. The van der Waals surface area contributed by atoms with Gasteiger partial charge in [0.2, 0.25) is 0 Å². The molecule has 0 bridgehead atoms. The van der Waals surface area contributed by atoms with Gasteiger partial charge in [0.25, 0.3) is 0 Å². The maximum atomic E-state index is 11.9. The molecule has 3 N–H and O–H groups in total. The second kappa shape index (κ2) is 5.90. The second-order valence-corrected chi connectivity index (χ2v) is 5.72. The van der Waals surface area contributed by atoms with Gasteiger partial charge in [0.05, 0.1) is 11.0 Å². The number of nitrogens with zero attached hydrogens (tertiary/aromatic N) is 1. The zero-order chi connectivity index (χ0) is 15.4. The van der Waals surface area contributed by atoms with Gasteiger partial charge in [-0.2, -0.15) is 0 Å². The number of pyridine rings is 1. The van der Waals surface area contributed by atoms with Crippen LogP contribution < -0.4 is 10.6 Å². The van der Waals surface area contributed by atoms with Crippen LogP contribution >= 0.6 is 0 Å². The number of amides is 2. The monoisotopic (exact) mass is 279 g/mol. The number of aromatic nitrogens is 1. The number of nitrogens with one attached hydrogen (secondary N) is 2. The lowest BCUT2D eigenvalue weighted by molar-refractivity contribution is -0.150. The summed E-state index contributed by atoms with van der Waals surface area (Å²) in [5, 5.41) is 14.6. The van der Waals surface area contributed by atoms with Crippen LogP contribution in [-0.2, 0) is 11.3 Å². The Bertz CT molecular complexity index is 484. The highest BCUT2D eigenvalue weighted by atomic mass is 16.4. The first kappa shape index (κ1) is 15.9. The smallest absolute Gasteiger partial charge is 0.315 e.